The summed E-state index contributed by atoms with van der Waals surface area (Å²) in [5.41, 5.74) is 7.33. The summed E-state index contributed by atoms with van der Waals surface area (Å²) in [6, 6.07) is 12.2. The Kier molecular flexibility index (Phi) is 3.83. The van der Waals surface area contributed by atoms with Gasteiger partial charge in [0.2, 0.25) is 0 Å². The Hall–Kier alpha value is -2.40. The Morgan fingerprint density at radius 3 is 2.86 bits per heavy atom. The van der Waals surface area contributed by atoms with E-state index in [1.54, 1.807) is 7.11 Å². The highest BCUT2D eigenvalue weighted by Crippen LogP contribution is 2.35. The van der Waals surface area contributed by atoms with Crippen LogP contribution in [-0.4, -0.2) is 28.6 Å². The van der Waals surface area contributed by atoms with Gasteiger partial charge in [0.05, 0.1) is 18.9 Å². The van der Waals surface area contributed by atoms with E-state index in [4.69, 9.17) is 10.5 Å². The summed E-state index contributed by atoms with van der Waals surface area (Å²) in [7, 11) is 1.67. The van der Waals surface area contributed by atoms with Crippen molar-refractivity contribution in [1.29, 1.82) is 0 Å². The third kappa shape index (κ3) is 2.60. The van der Waals surface area contributed by atoms with Gasteiger partial charge in [0, 0.05) is 6.54 Å². The fraction of sp³-hybridized carbons (Fsp3) is 0.250. The van der Waals surface area contributed by atoms with Gasteiger partial charge >= 0.3 is 0 Å². The maximum Gasteiger partial charge on any atom is 0.129 e. The zero-order valence-electron chi connectivity index (χ0n) is 12.0. The first-order chi connectivity index (χ1) is 10.3. The molecule has 0 radical (unpaired) electrons. The number of rotatable bonds is 5. The molecule has 0 aliphatic heterocycles. The number of fused-ring (bicyclic) bond motifs is 1. The van der Waals surface area contributed by atoms with Crippen LogP contribution in [0.15, 0.2) is 42.6 Å². The van der Waals surface area contributed by atoms with E-state index in [0.29, 0.717) is 6.54 Å². The van der Waals surface area contributed by atoms with Crippen LogP contribution in [0.4, 0.5) is 0 Å². The van der Waals surface area contributed by atoms with Crippen molar-refractivity contribution in [2.24, 2.45) is 5.73 Å². The monoisotopic (exact) mass is 282 g/mol. The first kappa shape index (κ1) is 13.6. The number of benzene rings is 2. The molecule has 0 saturated heterocycles. The van der Waals surface area contributed by atoms with E-state index in [9.17, 15) is 0 Å². The standard InChI is InChI=1S/C16H18N4O/c1-21-15-8-7-12-5-2-3-6-13(12)16(15)14-11-20(19-18-14)10-4-9-17/h2-3,5-8,11H,4,9-10,17H2,1H3. The Morgan fingerprint density at radius 2 is 2.05 bits per heavy atom. The third-order valence-corrected chi connectivity index (χ3v) is 3.50. The molecule has 0 bridgehead atoms. The lowest BCUT2D eigenvalue weighted by atomic mass is 10.0. The van der Waals surface area contributed by atoms with Crippen molar-refractivity contribution in [3.05, 3.63) is 42.6 Å². The highest BCUT2D eigenvalue weighted by atomic mass is 16.5. The number of ether oxygens (including phenoxy) is 1. The normalized spacial score (nSPS) is 11.0. The predicted octanol–water partition coefficient (Wildman–Crippen LogP) is 2.46. The molecule has 2 N–H and O–H groups in total. The second-order valence-corrected chi connectivity index (χ2v) is 4.87. The van der Waals surface area contributed by atoms with E-state index in [1.807, 2.05) is 29.1 Å². The number of aromatic nitrogens is 3. The van der Waals surface area contributed by atoms with Crippen LogP contribution in [0.2, 0.25) is 0 Å². The van der Waals surface area contributed by atoms with Gasteiger partial charge in [-0.1, -0.05) is 35.5 Å². The van der Waals surface area contributed by atoms with Crippen LogP contribution in [0.1, 0.15) is 6.42 Å². The second kappa shape index (κ2) is 5.93. The summed E-state index contributed by atoms with van der Waals surface area (Å²) in [5.74, 6) is 0.805. The van der Waals surface area contributed by atoms with Crippen molar-refractivity contribution in [2.45, 2.75) is 13.0 Å². The van der Waals surface area contributed by atoms with Gasteiger partial charge in [-0.2, -0.15) is 0 Å². The van der Waals surface area contributed by atoms with Gasteiger partial charge in [-0.05, 0) is 29.8 Å². The van der Waals surface area contributed by atoms with Crippen LogP contribution >= 0.6 is 0 Å². The molecular weight excluding hydrogens is 264 g/mol. The largest absolute Gasteiger partial charge is 0.496 e. The Balaban J connectivity index is 2.11. The number of hydrogen-bond donors (Lipinski definition) is 1. The molecule has 5 heteroatoms. The van der Waals surface area contributed by atoms with Gasteiger partial charge in [-0.25, -0.2) is 0 Å². The summed E-state index contributed by atoms with van der Waals surface area (Å²) in [5, 5.41) is 10.7. The van der Waals surface area contributed by atoms with Gasteiger partial charge in [-0.15, -0.1) is 5.10 Å². The van der Waals surface area contributed by atoms with E-state index < -0.39 is 0 Å². The van der Waals surface area contributed by atoms with E-state index in [0.717, 1.165) is 40.7 Å². The predicted molar refractivity (Wildman–Crippen MR) is 83.2 cm³/mol. The minimum absolute atomic E-state index is 0.646. The van der Waals surface area contributed by atoms with Gasteiger partial charge in [0.25, 0.3) is 0 Å². The van der Waals surface area contributed by atoms with E-state index >= 15 is 0 Å². The maximum atomic E-state index is 5.53. The first-order valence-corrected chi connectivity index (χ1v) is 7.00. The minimum atomic E-state index is 0.646. The number of hydrogen-bond acceptors (Lipinski definition) is 4. The van der Waals surface area contributed by atoms with Crippen LogP contribution in [0.5, 0.6) is 5.75 Å². The molecule has 0 saturated carbocycles. The van der Waals surface area contributed by atoms with Gasteiger partial charge in [0.15, 0.2) is 0 Å². The van der Waals surface area contributed by atoms with E-state index in [-0.39, 0.29) is 0 Å². The molecule has 0 aliphatic rings. The Labute approximate surface area is 123 Å². The summed E-state index contributed by atoms with van der Waals surface area (Å²) < 4.78 is 7.32. The van der Waals surface area contributed by atoms with E-state index in [2.05, 4.69) is 28.5 Å². The van der Waals surface area contributed by atoms with Gasteiger partial charge < -0.3 is 10.5 Å². The molecule has 3 rings (SSSR count). The fourth-order valence-electron chi connectivity index (χ4n) is 2.46. The van der Waals surface area contributed by atoms with Crippen LogP contribution in [-0.2, 0) is 6.54 Å². The summed E-state index contributed by atoms with van der Waals surface area (Å²) in [6.07, 6.45) is 2.83. The average molecular weight is 282 g/mol. The molecule has 1 aromatic heterocycles. The molecule has 5 nitrogen and oxygen atoms in total. The zero-order chi connectivity index (χ0) is 14.7. The van der Waals surface area contributed by atoms with Crippen molar-refractivity contribution in [3.8, 4) is 17.0 Å². The molecule has 0 spiro atoms. The highest BCUT2D eigenvalue weighted by molar-refractivity contribution is 5.98. The van der Waals surface area contributed by atoms with Crippen molar-refractivity contribution in [3.63, 3.8) is 0 Å². The molecule has 108 valence electrons. The molecule has 0 fully saturated rings. The molecule has 1 heterocycles. The molecule has 0 amide bonds. The number of aryl methyl sites for hydroxylation is 1. The van der Waals surface area contributed by atoms with E-state index in [1.165, 1.54) is 0 Å². The van der Waals surface area contributed by atoms with Crippen molar-refractivity contribution < 1.29 is 4.74 Å². The first-order valence-electron chi connectivity index (χ1n) is 7.00. The maximum absolute atomic E-state index is 5.53. The molecule has 0 unspecified atom stereocenters. The average Bonchev–Trinajstić information content (AvgIpc) is 3.00. The number of methoxy groups -OCH3 is 1. The fourth-order valence-corrected chi connectivity index (χ4v) is 2.46. The number of nitrogens with two attached hydrogens (primary N) is 1. The quantitative estimate of drug-likeness (QED) is 0.780. The van der Waals surface area contributed by atoms with Crippen LogP contribution in [0.3, 0.4) is 0 Å². The zero-order valence-corrected chi connectivity index (χ0v) is 12.0. The molecule has 21 heavy (non-hydrogen) atoms. The van der Waals surface area contributed by atoms with Gasteiger partial charge in [0.1, 0.15) is 11.4 Å². The molecular formula is C16H18N4O. The molecule has 3 aromatic rings. The van der Waals surface area contributed by atoms with Crippen LogP contribution in [0.25, 0.3) is 22.0 Å². The SMILES string of the molecule is COc1ccc2ccccc2c1-c1cn(CCCN)nn1. The van der Waals surface area contributed by atoms with Crippen molar-refractivity contribution >= 4 is 10.8 Å². The highest BCUT2D eigenvalue weighted by Gasteiger charge is 2.13. The summed E-state index contributed by atoms with van der Waals surface area (Å²) in [4.78, 5) is 0. The lowest BCUT2D eigenvalue weighted by Crippen LogP contribution is -2.06. The Bertz CT molecular complexity index is 751. The minimum Gasteiger partial charge on any atom is -0.496 e. The molecule has 0 aliphatic carbocycles. The summed E-state index contributed by atoms with van der Waals surface area (Å²) >= 11 is 0. The van der Waals surface area contributed by atoms with Crippen molar-refractivity contribution in [2.75, 3.05) is 13.7 Å². The topological polar surface area (TPSA) is 66.0 Å². The second-order valence-electron chi connectivity index (χ2n) is 4.87. The molecule has 0 atom stereocenters. The lowest BCUT2D eigenvalue weighted by Gasteiger charge is -2.09. The van der Waals surface area contributed by atoms with Crippen molar-refractivity contribution in [1.82, 2.24) is 15.0 Å². The summed E-state index contributed by atoms with van der Waals surface area (Å²) in [6.45, 7) is 1.42. The Morgan fingerprint density at radius 1 is 1.19 bits per heavy atom. The lowest BCUT2D eigenvalue weighted by molar-refractivity contribution is 0.417. The van der Waals surface area contributed by atoms with Crippen LogP contribution in [0, 0.1) is 0 Å². The third-order valence-electron chi connectivity index (χ3n) is 3.50. The number of nitrogens with zero attached hydrogens (tertiary/aromatic N) is 3. The smallest absolute Gasteiger partial charge is 0.129 e. The molecule has 2 aromatic carbocycles. The van der Waals surface area contributed by atoms with Crippen LogP contribution < -0.4 is 10.5 Å². The van der Waals surface area contributed by atoms with Gasteiger partial charge in [-0.3, -0.25) is 4.68 Å².